The number of likely N-dealkylation sites (N-methyl/N-ethyl adjacent to an activating group) is 1. The summed E-state index contributed by atoms with van der Waals surface area (Å²) in [5.41, 5.74) is 0. The van der Waals surface area contributed by atoms with Crippen LogP contribution in [0.25, 0.3) is 0 Å². The summed E-state index contributed by atoms with van der Waals surface area (Å²) in [6.45, 7) is -1.11. The van der Waals surface area contributed by atoms with Gasteiger partial charge < -0.3 is 19.5 Å². The van der Waals surface area contributed by atoms with Crippen LogP contribution in [-0.4, -0.2) is 54.7 Å². The molecule has 0 fully saturated rings. The van der Waals surface area contributed by atoms with Crippen molar-refractivity contribution in [2.24, 2.45) is 0 Å². The van der Waals surface area contributed by atoms with Crippen LogP contribution in [0.2, 0.25) is 0 Å². The van der Waals surface area contributed by atoms with E-state index in [1.54, 1.807) is 0 Å². The normalized spacial score (nSPS) is 10.7. The average molecular weight is 346 g/mol. The van der Waals surface area contributed by atoms with Gasteiger partial charge in [0.15, 0.2) is 6.61 Å². The maximum atomic E-state index is 12.2. The third-order valence-corrected chi connectivity index (χ3v) is 4.13. The van der Waals surface area contributed by atoms with Crippen LogP contribution in [0.1, 0.15) is 0 Å². The van der Waals surface area contributed by atoms with Gasteiger partial charge in [-0.1, -0.05) is 0 Å². The number of hydrogen-bond donors (Lipinski definition) is 2. The standard InChI is InChI=1S/C13H18N2O7S/c1-14-12(16)8-22-13(17)7-15-23(18,19)11-6-9(20-2)4-5-10(11)21-3/h4-6,15H,7-8H2,1-3H3,(H,14,16). The third kappa shape index (κ3) is 5.42. The van der Waals surface area contributed by atoms with E-state index in [-0.39, 0.29) is 10.6 Å². The Labute approximate surface area is 134 Å². The number of nitrogens with one attached hydrogen (secondary N) is 2. The number of rotatable bonds is 8. The summed E-state index contributed by atoms with van der Waals surface area (Å²) in [5.74, 6) is -0.986. The van der Waals surface area contributed by atoms with E-state index in [0.29, 0.717) is 5.75 Å². The maximum Gasteiger partial charge on any atom is 0.321 e. The van der Waals surface area contributed by atoms with E-state index in [4.69, 9.17) is 9.47 Å². The molecule has 10 heteroatoms. The van der Waals surface area contributed by atoms with Gasteiger partial charge in [0.1, 0.15) is 22.9 Å². The molecule has 1 aromatic rings. The quantitative estimate of drug-likeness (QED) is 0.596. The highest BCUT2D eigenvalue weighted by molar-refractivity contribution is 7.89. The number of hydrogen-bond acceptors (Lipinski definition) is 7. The monoisotopic (exact) mass is 346 g/mol. The van der Waals surface area contributed by atoms with E-state index in [1.165, 1.54) is 39.5 Å². The first-order chi connectivity index (χ1) is 10.8. The zero-order valence-corrected chi connectivity index (χ0v) is 13.7. The fourth-order valence-corrected chi connectivity index (χ4v) is 2.65. The molecule has 0 unspecified atom stereocenters. The lowest BCUT2D eigenvalue weighted by Crippen LogP contribution is -2.33. The Morgan fingerprint density at radius 1 is 1.17 bits per heavy atom. The number of carbonyl (C=O) groups excluding carboxylic acids is 2. The predicted octanol–water partition coefficient (Wildman–Crippen LogP) is -0.729. The van der Waals surface area contributed by atoms with Gasteiger partial charge >= 0.3 is 5.97 Å². The van der Waals surface area contributed by atoms with Crippen LogP contribution in [0, 0.1) is 0 Å². The zero-order valence-electron chi connectivity index (χ0n) is 12.9. The highest BCUT2D eigenvalue weighted by Crippen LogP contribution is 2.27. The van der Waals surface area contributed by atoms with Crippen LogP contribution < -0.4 is 19.5 Å². The molecule has 0 aliphatic heterocycles. The van der Waals surface area contributed by atoms with Crippen LogP contribution in [0.5, 0.6) is 11.5 Å². The lowest BCUT2D eigenvalue weighted by molar-refractivity contribution is -0.147. The second-order valence-corrected chi connectivity index (χ2v) is 5.91. The van der Waals surface area contributed by atoms with E-state index in [2.05, 4.69) is 14.8 Å². The van der Waals surface area contributed by atoms with Crippen LogP contribution in [0.3, 0.4) is 0 Å². The fourth-order valence-electron chi connectivity index (χ4n) is 1.49. The summed E-state index contributed by atoms with van der Waals surface area (Å²) in [4.78, 5) is 22.2. The Kier molecular flexibility index (Phi) is 6.79. The van der Waals surface area contributed by atoms with Gasteiger partial charge in [-0.25, -0.2) is 8.42 Å². The lowest BCUT2D eigenvalue weighted by Gasteiger charge is -2.12. The fraction of sp³-hybridized carbons (Fsp3) is 0.385. The molecule has 1 aromatic carbocycles. The van der Waals surface area contributed by atoms with E-state index in [1.807, 2.05) is 0 Å². The summed E-state index contributed by atoms with van der Waals surface area (Å²) in [6, 6.07) is 4.23. The Morgan fingerprint density at radius 2 is 1.87 bits per heavy atom. The summed E-state index contributed by atoms with van der Waals surface area (Å²) >= 11 is 0. The molecule has 0 aliphatic carbocycles. The van der Waals surface area contributed by atoms with Crippen molar-refractivity contribution in [3.63, 3.8) is 0 Å². The third-order valence-electron chi connectivity index (χ3n) is 2.71. The number of methoxy groups -OCH3 is 2. The number of sulfonamides is 1. The van der Waals surface area contributed by atoms with Crippen molar-refractivity contribution < 1.29 is 32.2 Å². The highest BCUT2D eigenvalue weighted by atomic mass is 32.2. The molecule has 1 rings (SSSR count). The van der Waals surface area contributed by atoms with Gasteiger partial charge in [-0.05, 0) is 12.1 Å². The molecule has 0 saturated carbocycles. The van der Waals surface area contributed by atoms with Crippen molar-refractivity contribution >= 4 is 21.9 Å². The van der Waals surface area contributed by atoms with Gasteiger partial charge in [0.2, 0.25) is 10.0 Å². The van der Waals surface area contributed by atoms with Crippen LogP contribution >= 0.6 is 0 Å². The van der Waals surface area contributed by atoms with Crippen LogP contribution in [0.15, 0.2) is 23.1 Å². The van der Waals surface area contributed by atoms with Gasteiger partial charge in [0.25, 0.3) is 5.91 Å². The van der Waals surface area contributed by atoms with Crippen molar-refractivity contribution in [2.75, 3.05) is 34.4 Å². The molecule has 0 saturated heterocycles. The molecule has 9 nitrogen and oxygen atoms in total. The first kappa shape index (κ1) is 18.7. The smallest absolute Gasteiger partial charge is 0.321 e. The van der Waals surface area contributed by atoms with E-state index < -0.39 is 35.1 Å². The minimum atomic E-state index is -4.03. The molecule has 128 valence electrons. The first-order valence-electron chi connectivity index (χ1n) is 6.42. The van der Waals surface area contributed by atoms with Gasteiger partial charge in [0.05, 0.1) is 14.2 Å². The number of esters is 1. The molecule has 1 amide bonds. The number of amides is 1. The van der Waals surface area contributed by atoms with Crippen LogP contribution in [-0.2, 0) is 24.3 Å². The summed E-state index contributed by atoms with van der Waals surface area (Å²) in [7, 11) is 0.0602. The minimum absolute atomic E-state index is 0.0945. The molecule has 0 spiro atoms. The van der Waals surface area contributed by atoms with E-state index in [0.717, 1.165) is 0 Å². The zero-order chi connectivity index (χ0) is 17.5. The molecule has 2 N–H and O–H groups in total. The van der Waals surface area contributed by atoms with E-state index >= 15 is 0 Å². The molecular weight excluding hydrogens is 328 g/mol. The van der Waals surface area contributed by atoms with Crippen molar-refractivity contribution in [3.8, 4) is 11.5 Å². The Morgan fingerprint density at radius 3 is 2.43 bits per heavy atom. The van der Waals surface area contributed by atoms with Gasteiger partial charge in [-0.3, -0.25) is 9.59 Å². The molecule has 0 atom stereocenters. The Bertz CT molecular complexity index is 673. The largest absolute Gasteiger partial charge is 0.497 e. The molecule has 0 bridgehead atoms. The number of benzene rings is 1. The minimum Gasteiger partial charge on any atom is -0.497 e. The SMILES string of the molecule is CNC(=O)COC(=O)CNS(=O)(=O)c1cc(OC)ccc1OC. The molecule has 0 radical (unpaired) electrons. The van der Waals surface area contributed by atoms with Gasteiger partial charge in [-0.2, -0.15) is 4.72 Å². The van der Waals surface area contributed by atoms with E-state index in [9.17, 15) is 18.0 Å². The molecule has 0 aromatic heterocycles. The second kappa shape index (κ2) is 8.34. The molecule has 0 aliphatic rings. The van der Waals surface area contributed by atoms with Crippen molar-refractivity contribution in [1.82, 2.24) is 10.0 Å². The average Bonchev–Trinajstić information content (AvgIpc) is 2.57. The Hall–Kier alpha value is -2.33. The number of ether oxygens (including phenoxy) is 3. The van der Waals surface area contributed by atoms with Gasteiger partial charge in [-0.15, -0.1) is 0 Å². The Balaban J connectivity index is 2.80. The summed E-state index contributed by atoms with van der Waals surface area (Å²) in [5, 5.41) is 2.26. The summed E-state index contributed by atoms with van der Waals surface area (Å²) in [6.07, 6.45) is 0. The maximum absolute atomic E-state index is 12.2. The van der Waals surface area contributed by atoms with Gasteiger partial charge in [0, 0.05) is 13.1 Å². The summed E-state index contributed by atoms with van der Waals surface area (Å²) < 4.78 is 41.1. The number of carbonyl (C=O) groups is 2. The molecule has 23 heavy (non-hydrogen) atoms. The van der Waals surface area contributed by atoms with Crippen LogP contribution in [0.4, 0.5) is 0 Å². The lowest BCUT2D eigenvalue weighted by atomic mass is 10.3. The van der Waals surface area contributed by atoms with Crippen molar-refractivity contribution in [1.29, 1.82) is 0 Å². The topological polar surface area (TPSA) is 120 Å². The molecular formula is C13H18N2O7S. The highest BCUT2D eigenvalue weighted by Gasteiger charge is 2.22. The predicted molar refractivity (Wildman–Crippen MR) is 79.8 cm³/mol. The molecule has 0 heterocycles. The second-order valence-electron chi connectivity index (χ2n) is 4.18. The van der Waals surface area contributed by atoms with Crippen molar-refractivity contribution in [2.45, 2.75) is 4.90 Å². The van der Waals surface area contributed by atoms with Crippen molar-refractivity contribution in [3.05, 3.63) is 18.2 Å². The first-order valence-corrected chi connectivity index (χ1v) is 7.90.